The first-order chi connectivity index (χ1) is 17.8. The van der Waals surface area contributed by atoms with E-state index in [1.165, 1.54) is 64.2 Å². The molecule has 0 saturated heterocycles. The Kier molecular flexibility index (Phi) is 8.75. The maximum atomic E-state index is 12.9. The minimum atomic E-state index is 0.139. The van der Waals surface area contributed by atoms with Crippen molar-refractivity contribution >= 4 is 18.4 Å². The molecule has 0 aliphatic heterocycles. The van der Waals surface area contributed by atoms with Crippen molar-refractivity contribution in [1.82, 2.24) is 0 Å². The van der Waals surface area contributed by atoms with E-state index in [0.29, 0.717) is 23.2 Å². The monoisotopic (exact) mass is 509 g/mol. The predicted molar refractivity (Wildman–Crippen MR) is 152 cm³/mol. The van der Waals surface area contributed by atoms with E-state index in [-0.39, 0.29) is 5.91 Å². The Morgan fingerprint density at radius 2 is 1.78 bits per heavy atom. The van der Waals surface area contributed by atoms with Crippen molar-refractivity contribution in [1.29, 1.82) is 0 Å². The Bertz CT molecular complexity index is 945. The van der Waals surface area contributed by atoms with Gasteiger partial charge in [0.15, 0.2) is 0 Å². The molecule has 4 heteroatoms. The molecule has 4 aliphatic carbocycles. The lowest BCUT2D eigenvalue weighted by Gasteiger charge is -2.61. The van der Waals surface area contributed by atoms with Crippen LogP contribution in [0.1, 0.15) is 103 Å². The zero-order valence-corrected chi connectivity index (χ0v) is 24.1. The standard InChI is InChI=1S/C32H49NO2.CH2O/c1-21(10-16-30(34)33-29-20-24(35-5)12-9-22(29)2)26-14-15-27-25-13-11-23-8-6-7-18-31(23,3)28(25)17-19-32(26,27)4;1-2/h9,12,20-21,23,25-28H,6-8,10-11,13-19H2,1-5H3,(H,33,34);1H2/t21-,23?,25?,26-,27?,28?,31?,32?;/m1./s1. The smallest absolute Gasteiger partial charge is 0.224 e. The fourth-order valence-electron chi connectivity index (χ4n) is 9.91. The van der Waals surface area contributed by atoms with Gasteiger partial charge in [0.2, 0.25) is 5.91 Å². The molecule has 4 saturated carbocycles. The fraction of sp³-hybridized carbons (Fsp3) is 0.758. The van der Waals surface area contributed by atoms with Crippen molar-refractivity contribution in [2.45, 2.75) is 105 Å². The molecule has 1 aromatic carbocycles. The number of benzene rings is 1. The number of methoxy groups -OCH3 is 1. The lowest BCUT2D eigenvalue weighted by Crippen LogP contribution is -2.53. The maximum Gasteiger partial charge on any atom is 0.224 e. The minimum absolute atomic E-state index is 0.139. The summed E-state index contributed by atoms with van der Waals surface area (Å²) >= 11 is 0. The van der Waals surface area contributed by atoms with Crippen LogP contribution < -0.4 is 10.1 Å². The van der Waals surface area contributed by atoms with Gasteiger partial charge in [-0.15, -0.1) is 0 Å². The molecule has 4 nitrogen and oxygen atoms in total. The van der Waals surface area contributed by atoms with Gasteiger partial charge in [-0.05, 0) is 123 Å². The van der Waals surface area contributed by atoms with E-state index < -0.39 is 0 Å². The number of fused-ring (bicyclic) bond motifs is 5. The summed E-state index contributed by atoms with van der Waals surface area (Å²) in [6.07, 6.45) is 16.2. The molecule has 1 amide bonds. The molecule has 0 radical (unpaired) electrons. The number of nitrogens with one attached hydrogen (secondary N) is 1. The Morgan fingerprint density at radius 3 is 2.54 bits per heavy atom. The van der Waals surface area contributed by atoms with Crippen LogP contribution in [0.15, 0.2) is 18.2 Å². The van der Waals surface area contributed by atoms with Gasteiger partial charge in [-0.2, -0.15) is 0 Å². The molecule has 0 bridgehead atoms. The van der Waals surface area contributed by atoms with Crippen LogP contribution in [-0.4, -0.2) is 19.8 Å². The van der Waals surface area contributed by atoms with Crippen molar-refractivity contribution in [3.05, 3.63) is 23.8 Å². The molecule has 0 heterocycles. The van der Waals surface area contributed by atoms with Crippen LogP contribution in [0, 0.1) is 53.3 Å². The number of aryl methyl sites for hydroxylation is 1. The average Bonchev–Trinajstić information content (AvgIpc) is 3.26. The normalized spacial score (nSPS) is 37.2. The van der Waals surface area contributed by atoms with E-state index in [1.54, 1.807) is 7.11 Å². The summed E-state index contributed by atoms with van der Waals surface area (Å²) in [6, 6.07) is 5.88. The molecule has 6 unspecified atom stereocenters. The second kappa shape index (κ2) is 11.5. The molecule has 4 fully saturated rings. The molecule has 206 valence electrons. The highest BCUT2D eigenvalue weighted by Gasteiger charge is 2.60. The Balaban J connectivity index is 0.00000156. The summed E-state index contributed by atoms with van der Waals surface area (Å²) in [5, 5.41) is 3.15. The maximum absolute atomic E-state index is 12.9. The van der Waals surface area contributed by atoms with Gasteiger partial charge >= 0.3 is 0 Å². The van der Waals surface area contributed by atoms with Crippen molar-refractivity contribution in [3.8, 4) is 5.75 Å². The quantitative estimate of drug-likeness (QED) is 0.420. The van der Waals surface area contributed by atoms with Gasteiger partial charge in [-0.3, -0.25) is 4.79 Å². The number of anilines is 1. The van der Waals surface area contributed by atoms with Gasteiger partial charge < -0.3 is 14.8 Å². The first kappa shape index (κ1) is 28.2. The highest BCUT2D eigenvalue weighted by Crippen LogP contribution is 2.68. The number of carbonyl (C=O) groups excluding carboxylic acids is 2. The number of rotatable bonds is 6. The van der Waals surface area contributed by atoms with Crippen molar-refractivity contribution in [2.24, 2.45) is 46.3 Å². The van der Waals surface area contributed by atoms with E-state index in [4.69, 9.17) is 9.53 Å². The van der Waals surface area contributed by atoms with E-state index in [9.17, 15) is 4.79 Å². The highest BCUT2D eigenvalue weighted by molar-refractivity contribution is 5.91. The van der Waals surface area contributed by atoms with Gasteiger partial charge in [-0.1, -0.05) is 39.7 Å². The zero-order valence-electron chi connectivity index (χ0n) is 24.1. The summed E-state index contributed by atoms with van der Waals surface area (Å²) < 4.78 is 5.34. The lowest BCUT2D eigenvalue weighted by molar-refractivity contribution is -0.118. The zero-order chi connectivity index (χ0) is 26.8. The average molecular weight is 510 g/mol. The van der Waals surface area contributed by atoms with Gasteiger partial charge in [0.25, 0.3) is 0 Å². The fourth-order valence-corrected chi connectivity index (χ4v) is 9.91. The summed E-state index contributed by atoms with van der Waals surface area (Å²) in [7, 11) is 1.67. The highest BCUT2D eigenvalue weighted by atomic mass is 16.5. The molecule has 37 heavy (non-hydrogen) atoms. The molecule has 1 N–H and O–H groups in total. The third kappa shape index (κ3) is 5.23. The summed E-state index contributed by atoms with van der Waals surface area (Å²) in [5.74, 6) is 6.18. The molecule has 8 atom stereocenters. The molecule has 0 spiro atoms. The van der Waals surface area contributed by atoms with E-state index >= 15 is 0 Å². The molecular weight excluding hydrogens is 458 g/mol. The minimum Gasteiger partial charge on any atom is -0.497 e. The number of hydrogen-bond donors (Lipinski definition) is 1. The molecular formula is C33H51NO3. The van der Waals surface area contributed by atoms with Crippen molar-refractivity contribution in [3.63, 3.8) is 0 Å². The predicted octanol–water partition coefficient (Wildman–Crippen LogP) is 8.22. The summed E-state index contributed by atoms with van der Waals surface area (Å²) in [6.45, 7) is 11.8. The third-order valence-electron chi connectivity index (χ3n) is 11.9. The van der Waals surface area contributed by atoms with Gasteiger partial charge in [0, 0.05) is 18.2 Å². The van der Waals surface area contributed by atoms with Gasteiger partial charge in [0.1, 0.15) is 12.5 Å². The SMILES string of the molecule is C=O.COc1ccc(C)c(NC(=O)CC[C@@H](C)[C@H]2CCC3C4CCC5CCCCC5(C)C4CCC32C)c1. The van der Waals surface area contributed by atoms with Crippen LogP contribution in [0.3, 0.4) is 0 Å². The van der Waals surface area contributed by atoms with Crippen LogP contribution >= 0.6 is 0 Å². The largest absolute Gasteiger partial charge is 0.497 e. The van der Waals surface area contributed by atoms with Crippen LogP contribution in [-0.2, 0) is 9.59 Å². The first-order valence-electron chi connectivity index (χ1n) is 15.0. The molecule has 5 rings (SSSR count). The number of ether oxygens (including phenoxy) is 1. The molecule has 0 aromatic heterocycles. The van der Waals surface area contributed by atoms with Crippen LogP contribution in [0.2, 0.25) is 0 Å². The van der Waals surface area contributed by atoms with Crippen molar-refractivity contribution < 1.29 is 14.3 Å². The molecule has 4 aliphatic rings. The Hall–Kier alpha value is -1.84. The Morgan fingerprint density at radius 1 is 1.03 bits per heavy atom. The summed E-state index contributed by atoms with van der Waals surface area (Å²) in [4.78, 5) is 20.9. The third-order valence-corrected chi connectivity index (χ3v) is 11.9. The first-order valence-corrected chi connectivity index (χ1v) is 15.0. The van der Waals surface area contributed by atoms with E-state index in [2.05, 4.69) is 26.1 Å². The van der Waals surface area contributed by atoms with Gasteiger partial charge in [0.05, 0.1) is 7.11 Å². The number of amides is 1. The van der Waals surface area contributed by atoms with E-state index in [1.807, 2.05) is 31.9 Å². The van der Waals surface area contributed by atoms with Crippen LogP contribution in [0.5, 0.6) is 5.75 Å². The lowest BCUT2D eigenvalue weighted by atomic mass is 9.44. The van der Waals surface area contributed by atoms with Gasteiger partial charge in [-0.25, -0.2) is 0 Å². The number of carbonyl (C=O) groups is 2. The molecule has 1 aromatic rings. The second-order valence-electron chi connectivity index (χ2n) is 13.4. The topological polar surface area (TPSA) is 55.4 Å². The second-order valence-corrected chi connectivity index (χ2v) is 13.4. The Labute approximate surface area is 225 Å². The van der Waals surface area contributed by atoms with E-state index in [0.717, 1.165) is 53.0 Å². The summed E-state index contributed by atoms with van der Waals surface area (Å²) in [5.41, 5.74) is 3.07. The van der Waals surface area contributed by atoms with Crippen LogP contribution in [0.25, 0.3) is 0 Å². The number of hydrogen-bond acceptors (Lipinski definition) is 3. The van der Waals surface area contributed by atoms with Crippen molar-refractivity contribution in [2.75, 3.05) is 12.4 Å². The van der Waals surface area contributed by atoms with Crippen LogP contribution in [0.4, 0.5) is 5.69 Å².